The van der Waals surface area contributed by atoms with Crippen molar-refractivity contribution in [2.24, 2.45) is 0 Å². The van der Waals surface area contributed by atoms with Crippen molar-refractivity contribution < 1.29 is 19.6 Å². The van der Waals surface area contributed by atoms with E-state index in [0.717, 1.165) is 18.7 Å². The summed E-state index contributed by atoms with van der Waals surface area (Å²) in [4.78, 5) is 28.8. The predicted molar refractivity (Wildman–Crippen MR) is 108 cm³/mol. The molecule has 0 bridgehead atoms. The van der Waals surface area contributed by atoms with Gasteiger partial charge in [0.25, 0.3) is 11.8 Å². The summed E-state index contributed by atoms with van der Waals surface area (Å²) in [5.41, 5.74) is 1.63. The monoisotopic (exact) mass is 380 g/mol. The molecule has 2 aromatic carbocycles. The van der Waals surface area contributed by atoms with E-state index in [1.54, 1.807) is 35.2 Å². The fourth-order valence-electron chi connectivity index (χ4n) is 3.26. The first-order valence-corrected chi connectivity index (χ1v) is 9.54. The minimum absolute atomic E-state index is 0.148. The summed E-state index contributed by atoms with van der Waals surface area (Å²) >= 11 is 0. The quantitative estimate of drug-likeness (QED) is 0.626. The van der Waals surface area contributed by atoms with Gasteiger partial charge in [-0.15, -0.1) is 0 Å². The molecule has 1 saturated heterocycles. The maximum atomic E-state index is 13.1. The Hall–Kier alpha value is -2.96. The Labute approximate surface area is 165 Å². The Bertz CT molecular complexity index is 813. The van der Waals surface area contributed by atoms with Crippen molar-refractivity contribution in [3.05, 3.63) is 77.5 Å². The fraction of sp³-hybridized carbons (Fsp3) is 0.273. The number of benzene rings is 2. The van der Waals surface area contributed by atoms with Crippen LogP contribution in [0.25, 0.3) is 6.08 Å². The first-order chi connectivity index (χ1) is 13.7. The molecule has 1 aliphatic heterocycles. The van der Waals surface area contributed by atoms with E-state index >= 15 is 0 Å². The topological polar surface area (TPSA) is 74.1 Å². The van der Waals surface area contributed by atoms with E-state index in [2.05, 4.69) is 5.32 Å². The molecule has 1 heterocycles. The zero-order valence-corrected chi connectivity index (χ0v) is 15.8. The summed E-state index contributed by atoms with van der Waals surface area (Å²) in [7, 11) is 0. The number of carbonyl (C=O) groups excluding carboxylic acids is 2. The number of aliphatic hydroxyl groups is 1. The van der Waals surface area contributed by atoms with Crippen molar-refractivity contribution in [1.82, 2.24) is 10.2 Å². The van der Waals surface area contributed by atoms with E-state index in [1.807, 2.05) is 36.4 Å². The summed E-state index contributed by atoms with van der Waals surface area (Å²) in [6.07, 6.45) is 1.72. The van der Waals surface area contributed by atoms with Gasteiger partial charge in [0.2, 0.25) is 0 Å². The van der Waals surface area contributed by atoms with Crippen LogP contribution in [-0.2, 0) is 4.79 Å². The molecule has 0 aromatic heterocycles. The molecule has 6 nitrogen and oxygen atoms in total. The van der Waals surface area contributed by atoms with Crippen LogP contribution in [-0.4, -0.2) is 61.2 Å². The molecule has 1 fully saturated rings. The lowest BCUT2D eigenvalue weighted by atomic mass is 10.1. The molecule has 0 saturated carbocycles. The Morgan fingerprint density at radius 3 is 2.21 bits per heavy atom. The molecular formula is C22H26N3O3+. The third kappa shape index (κ3) is 5.28. The van der Waals surface area contributed by atoms with Gasteiger partial charge in [0, 0.05) is 5.56 Å². The third-order valence-electron chi connectivity index (χ3n) is 4.85. The Morgan fingerprint density at radius 1 is 1.00 bits per heavy atom. The second-order valence-electron chi connectivity index (χ2n) is 6.80. The van der Waals surface area contributed by atoms with Crippen molar-refractivity contribution in [3.63, 3.8) is 0 Å². The van der Waals surface area contributed by atoms with Gasteiger partial charge < -0.3 is 20.2 Å². The van der Waals surface area contributed by atoms with Crippen LogP contribution in [0.1, 0.15) is 15.9 Å². The molecule has 0 radical (unpaired) electrons. The maximum Gasteiger partial charge on any atom is 0.270 e. The number of rotatable bonds is 6. The van der Waals surface area contributed by atoms with E-state index in [-0.39, 0.29) is 24.1 Å². The van der Waals surface area contributed by atoms with Gasteiger partial charge in [-0.1, -0.05) is 48.5 Å². The van der Waals surface area contributed by atoms with Crippen LogP contribution in [0.2, 0.25) is 0 Å². The molecule has 0 atom stereocenters. The molecule has 3 N–H and O–H groups in total. The van der Waals surface area contributed by atoms with E-state index in [4.69, 9.17) is 5.11 Å². The van der Waals surface area contributed by atoms with Crippen LogP contribution in [0, 0.1) is 0 Å². The van der Waals surface area contributed by atoms with Gasteiger partial charge in [0.15, 0.2) is 0 Å². The van der Waals surface area contributed by atoms with Crippen LogP contribution in [0.3, 0.4) is 0 Å². The second kappa shape index (κ2) is 9.82. The minimum atomic E-state index is -0.305. The zero-order valence-electron chi connectivity index (χ0n) is 15.8. The fourth-order valence-corrected chi connectivity index (χ4v) is 3.26. The first-order valence-electron chi connectivity index (χ1n) is 9.54. The second-order valence-corrected chi connectivity index (χ2v) is 6.80. The number of nitrogens with one attached hydrogen (secondary N) is 2. The molecule has 0 unspecified atom stereocenters. The summed E-state index contributed by atoms with van der Waals surface area (Å²) in [6, 6.07) is 18.3. The van der Waals surface area contributed by atoms with Gasteiger partial charge in [-0.25, -0.2) is 0 Å². The molecule has 2 amide bonds. The van der Waals surface area contributed by atoms with Crippen LogP contribution < -0.4 is 10.2 Å². The number of hydrogen-bond donors (Lipinski definition) is 3. The lowest BCUT2D eigenvalue weighted by Gasteiger charge is -2.32. The highest BCUT2D eigenvalue weighted by Gasteiger charge is 2.26. The Kier molecular flexibility index (Phi) is 6.94. The van der Waals surface area contributed by atoms with Gasteiger partial charge in [0.1, 0.15) is 12.2 Å². The van der Waals surface area contributed by atoms with E-state index in [1.165, 1.54) is 4.90 Å². The van der Waals surface area contributed by atoms with Crippen molar-refractivity contribution in [2.75, 3.05) is 39.3 Å². The molecular weight excluding hydrogens is 354 g/mol. The van der Waals surface area contributed by atoms with E-state index in [0.29, 0.717) is 25.2 Å². The minimum Gasteiger partial charge on any atom is -0.391 e. The number of hydrogen-bond acceptors (Lipinski definition) is 3. The Morgan fingerprint density at radius 2 is 1.61 bits per heavy atom. The van der Waals surface area contributed by atoms with Crippen LogP contribution in [0.4, 0.5) is 0 Å². The number of nitrogens with zero attached hydrogens (tertiary/aromatic N) is 1. The number of piperazine rings is 1. The largest absolute Gasteiger partial charge is 0.391 e. The van der Waals surface area contributed by atoms with Crippen molar-refractivity contribution >= 4 is 17.9 Å². The number of aliphatic hydroxyl groups excluding tert-OH is 1. The van der Waals surface area contributed by atoms with Crippen molar-refractivity contribution in [2.45, 2.75) is 0 Å². The number of amides is 2. The summed E-state index contributed by atoms with van der Waals surface area (Å²) < 4.78 is 0. The van der Waals surface area contributed by atoms with E-state index < -0.39 is 0 Å². The van der Waals surface area contributed by atoms with Crippen LogP contribution >= 0.6 is 0 Å². The highest BCUT2D eigenvalue weighted by atomic mass is 16.3. The van der Waals surface area contributed by atoms with Crippen molar-refractivity contribution in [1.29, 1.82) is 0 Å². The van der Waals surface area contributed by atoms with Gasteiger partial charge in [-0.05, 0) is 23.8 Å². The van der Waals surface area contributed by atoms with Gasteiger partial charge in [-0.3, -0.25) is 9.59 Å². The lowest BCUT2D eigenvalue weighted by Crippen LogP contribution is -3.15. The molecule has 1 aliphatic rings. The van der Waals surface area contributed by atoms with E-state index in [9.17, 15) is 9.59 Å². The summed E-state index contributed by atoms with van der Waals surface area (Å²) in [6.45, 7) is 3.62. The molecule has 0 aliphatic carbocycles. The Balaban J connectivity index is 1.77. The van der Waals surface area contributed by atoms with Crippen LogP contribution in [0.15, 0.2) is 66.4 Å². The maximum absolute atomic E-state index is 13.1. The number of quaternary nitrogens is 1. The predicted octanol–water partition coefficient (Wildman–Crippen LogP) is 0.177. The molecule has 3 rings (SSSR count). The average Bonchev–Trinajstić information content (AvgIpc) is 2.75. The zero-order chi connectivity index (χ0) is 19.8. The molecule has 0 spiro atoms. The summed E-state index contributed by atoms with van der Waals surface area (Å²) in [5.74, 6) is -0.489. The highest BCUT2D eigenvalue weighted by molar-refractivity contribution is 6.05. The lowest BCUT2D eigenvalue weighted by molar-refractivity contribution is -0.904. The highest BCUT2D eigenvalue weighted by Crippen LogP contribution is 2.10. The summed E-state index contributed by atoms with van der Waals surface area (Å²) in [5, 5.41) is 11.9. The molecule has 146 valence electrons. The molecule has 6 heteroatoms. The van der Waals surface area contributed by atoms with Crippen LogP contribution in [0.5, 0.6) is 0 Å². The van der Waals surface area contributed by atoms with Gasteiger partial charge in [-0.2, -0.15) is 0 Å². The standard InChI is InChI=1S/C22H25N3O3/c26-16-15-24-11-13-25(14-12-24)22(28)20(17-18-7-3-1-4-8-18)23-21(27)19-9-5-2-6-10-19/h1-10,17,26H,11-16H2,(H,23,27)/p+1/b20-17-. The van der Waals surface area contributed by atoms with Gasteiger partial charge >= 0.3 is 0 Å². The van der Waals surface area contributed by atoms with Crippen molar-refractivity contribution in [3.8, 4) is 0 Å². The average molecular weight is 380 g/mol. The first kappa shape index (κ1) is 19.8. The smallest absolute Gasteiger partial charge is 0.270 e. The van der Waals surface area contributed by atoms with Gasteiger partial charge in [0.05, 0.1) is 32.8 Å². The molecule has 2 aromatic rings. The molecule has 28 heavy (non-hydrogen) atoms. The SMILES string of the molecule is O=C(N/C(=C\c1ccccc1)C(=O)N1CC[NH+](CCO)CC1)c1ccccc1. The third-order valence-corrected chi connectivity index (χ3v) is 4.85. The number of carbonyl (C=O) groups is 2. The normalized spacial score (nSPS) is 15.3.